The molecule has 0 aliphatic carbocycles. The highest BCUT2D eigenvalue weighted by Gasteiger charge is 2.49. The molecule has 48 heavy (non-hydrogen) atoms. The molecule has 7 rings (SSSR count). The van der Waals surface area contributed by atoms with Crippen molar-refractivity contribution in [3.63, 3.8) is 0 Å². The Morgan fingerprint density at radius 2 is 1.75 bits per heavy atom. The molecule has 12 heteroatoms. The summed E-state index contributed by atoms with van der Waals surface area (Å²) in [5, 5.41) is 18.6. The predicted molar refractivity (Wildman–Crippen MR) is 194 cm³/mol. The molecule has 0 saturated carbocycles. The first kappa shape index (κ1) is 32.6. The number of pyridine rings is 1. The number of thiazole rings is 1. The number of carbonyl (C=O) groups excluding carboxylic acids is 1. The predicted octanol–water partition coefficient (Wildman–Crippen LogP) is 9.69. The Bertz CT molecular complexity index is 2020. The number of fused-ring (bicyclic) bond motifs is 3. The van der Waals surface area contributed by atoms with E-state index >= 15 is 4.39 Å². The maximum absolute atomic E-state index is 16.1. The second-order valence-corrected chi connectivity index (χ2v) is 15.6. The minimum absolute atomic E-state index is 0.142. The number of nitrogens with one attached hydrogen (secondary N) is 2. The van der Waals surface area contributed by atoms with Crippen LogP contribution >= 0.6 is 34.5 Å². The Kier molecular flexibility index (Phi) is 8.48. The lowest BCUT2D eigenvalue weighted by molar-refractivity contribution is 0.125. The van der Waals surface area contributed by atoms with Gasteiger partial charge in [-0.05, 0) is 78.9 Å². The SMILES string of the molecule is CC(C)(C)CN1CCC2(CC1)CN(c1ccccc1NC(=O)Nc1nc3ccc(Cl)nc3s1)c1c(O)cc(F)c(-c3ccc(Cl)cc3)c12. The van der Waals surface area contributed by atoms with E-state index in [9.17, 15) is 9.90 Å². The molecule has 248 valence electrons. The summed E-state index contributed by atoms with van der Waals surface area (Å²) in [6.07, 6.45) is 1.56. The summed E-state index contributed by atoms with van der Waals surface area (Å²) < 4.78 is 16.1. The molecule has 5 aromatic rings. The van der Waals surface area contributed by atoms with Gasteiger partial charge in [0.15, 0.2) is 5.13 Å². The molecule has 8 nitrogen and oxygen atoms in total. The van der Waals surface area contributed by atoms with Gasteiger partial charge in [-0.1, -0.05) is 79.6 Å². The summed E-state index contributed by atoms with van der Waals surface area (Å²) in [5.41, 5.74) is 4.04. The van der Waals surface area contributed by atoms with Gasteiger partial charge in [-0.15, -0.1) is 0 Å². The minimum atomic E-state index is -0.484. The van der Waals surface area contributed by atoms with Crippen molar-refractivity contribution in [3.8, 4) is 16.9 Å². The van der Waals surface area contributed by atoms with Crippen LogP contribution < -0.4 is 15.5 Å². The molecule has 2 aromatic heterocycles. The van der Waals surface area contributed by atoms with Gasteiger partial charge in [0.05, 0.1) is 17.1 Å². The van der Waals surface area contributed by atoms with Crippen molar-refractivity contribution in [2.75, 3.05) is 41.7 Å². The molecule has 2 amide bonds. The molecule has 1 saturated heterocycles. The lowest BCUT2D eigenvalue weighted by atomic mass is 9.71. The van der Waals surface area contributed by atoms with Crippen molar-refractivity contribution in [3.05, 3.63) is 88.3 Å². The smallest absolute Gasteiger partial charge is 0.325 e. The molecule has 3 aromatic carbocycles. The largest absolute Gasteiger partial charge is 0.506 e. The van der Waals surface area contributed by atoms with Crippen LogP contribution in [0.5, 0.6) is 5.75 Å². The fourth-order valence-electron chi connectivity index (χ4n) is 7.11. The summed E-state index contributed by atoms with van der Waals surface area (Å²) in [7, 11) is 0. The number of anilines is 4. The number of benzene rings is 3. The van der Waals surface area contributed by atoms with Gasteiger partial charge in [-0.25, -0.2) is 19.2 Å². The van der Waals surface area contributed by atoms with Gasteiger partial charge in [0.1, 0.15) is 27.1 Å². The molecule has 1 fully saturated rings. The number of piperidine rings is 1. The van der Waals surface area contributed by atoms with Crippen LogP contribution in [-0.2, 0) is 5.41 Å². The molecule has 2 aliphatic heterocycles. The van der Waals surface area contributed by atoms with E-state index in [1.54, 1.807) is 24.3 Å². The van der Waals surface area contributed by atoms with Gasteiger partial charge in [0.25, 0.3) is 0 Å². The van der Waals surface area contributed by atoms with Crippen LogP contribution in [0, 0.1) is 11.2 Å². The Balaban J connectivity index is 1.27. The lowest BCUT2D eigenvalue weighted by Crippen LogP contribution is -2.47. The van der Waals surface area contributed by atoms with Crippen molar-refractivity contribution >= 4 is 73.1 Å². The summed E-state index contributed by atoms with van der Waals surface area (Å²) in [6, 6.07) is 18.7. The number of likely N-dealkylation sites (tertiary alicyclic amines) is 1. The van der Waals surface area contributed by atoms with Crippen LogP contribution in [0.4, 0.5) is 31.4 Å². The second-order valence-electron chi connectivity index (χ2n) is 13.8. The van der Waals surface area contributed by atoms with Crippen LogP contribution in [0.25, 0.3) is 21.5 Å². The van der Waals surface area contributed by atoms with Crippen LogP contribution in [-0.4, -0.2) is 52.2 Å². The molecule has 0 bridgehead atoms. The topological polar surface area (TPSA) is 93.6 Å². The molecule has 0 atom stereocenters. The number of halogens is 3. The lowest BCUT2D eigenvalue weighted by Gasteiger charge is -2.42. The number of hydrogen-bond donors (Lipinski definition) is 3. The fraction of sp³-hybridized carbons (Fsp3) is 0.306. The van der Waals surface area contributed by atoms with Crippen molar-refractivity contribution in [2.45, 2.75) is 39.0 Å². The summed E-state index contributed by atoms with van der Waals surface area (Å²) in [5.74, 6) is -0.626. The van der Waals surface area contributed by atoms with E-state index in [-0.39, 0.29) is 11.2 Å². The number of nitrogens with zero attached hydrogens (tertiary/aromatic N) is 4. The molecule has 2 aliphatic rings. The second kappa shape index (κ2) is 12.5. The van der Waals surface area contributed by atoms with E-state index in [0.29, 0.717) is 60.4 Å². The molecular weight excluding hydrogens is 670 g/mol. The molecule has 0 radical (unpaired) electrons. The van der Waals surface area contributed by atoms with E-state index in [2.05, 4.69) is 46.3 Å². The molecule has 3 N–H and O–H groups in total. The third-order valence-electron chi connectivity index (χ3n) is 9.02. The molecular formula is C36H35Cl2FN6O2S. The summed E-state index contributed by atoms with van der Waals surface area (Å²) in [6.45, 7) is 9.85. The number of phenolic OH excluding ortho intramolecular Hbond substituents is 1. The van der Waals surface area contributed by atoms with Gasteiger partial charge in [-0.3, -0.25) is 5.32 Å². The number of hydrogen-bond acceptors (Lipinski definition) is 7. The van der Waals surface area contributed by atoms with Gasteiger partial charge in [-0.2, -0.15) is 0 Å². The van der Waals surface area contributed by atoms with Crippen LogP contribution in [0.1, 0.15) is 39.2 Å². The number of aromatic nitrogens is 2. The van der Waals surface area contributed by atoms with Crippen molar-refractivity contribution < 1.29 is 14.3 Å². The van der Waals surface area contributed by atoms with Crippen LogP contribution in [0.2, 0.25) is 10.2 Å². The minimum Gasteiger partial charge on any atom is -0.506 e. The Labute approximate surface area is 292 Å². The van der Waals surface area contributed by atoms with Gasteiger partial charge in [0, 0.05) is 35.2 Å². The van der Waals surface area contributed by atoms with E-state index < -0.39 is 17.3 Å². The van der Waals surface area contributed by atoms with Crippen molar-refractivity contribution in [1.82, 2.24) is 14.9 Å². The zero-order valence-electron chi connectivity index (χ0n) is 26.8. The number of para-hydroxylation sites is 2. The summed E-state index contributed by atoms with van der Waals surface area (Å²) in [4.78, 5) is 27.2. The van der Waals surface area contributed by atoms with E-state index in [1.807, 2.05) is 41.3 Å². The summed E-state index contributed by atoms with van der Waals surface area (Å²) >= 11 is 13.5. The van der Waals surface area contributed by atoms with E-state index in [4.69, 9.17) is 23.2 Å². The van der Waals surface area contributed by atoms with Crippen molar-refractivity contribution in [1.29, 1.82) is 0 Å². The highest BCUT2D eigenvalue weighted by atomic mass is 35.5. The normalized spacial score (nSPS) is 16.0. The highest BCUT2D eigenvalue weighted by Crippen LogP contribution is 2.58. The Morgan fingerprint density at radius 1 is 1.02 bits per heavy atom. The average molecular weight is 706 g/mol. The van der Waals surface area contributed by atoms with Gasteiger partial charge < -0.3 is 20.2 Å². The van der Waals surface area contributed by atoms with Crippen molar-refractivity contribution in [2.24, 2.45) is 5.41 Å². The number of aromatic hydroxyl groups is 1. The Morgan fingerprint density at radius 3 is 2.48 bits per heavy atom. The third kappa shape index (κ3) is 6.30. The third-order valence-corrected chi connectivity index (χ3v) is 10.4. The van der Waals surface area contributed by atoms with E-state index in [0.717, 1.165) is 38.0 Å². The van der Waals surface area contributed by atoms with Gasteiger partial charge >= 0.3 is 6.03 Å². The first-order valence-electron chi connectivity index (χ1n) is 15.8. The maximum atomic E-state index is 16.1. The van der Waals surface area contributed by atoms with Crippen LogP contribution in [0.15, 0.2) is 66.7 Å². The fourth-order valence-corrected chi connectivity index (χ4v) is 8.27. The molecule has 4 heterocycles. The monoisotopic (exact) mass is 704 g/mol. The quantitative estimate of drug-likeness (QED) is 0.158. The molecule has 1 spiro atoms. The van der Waals surface area contributed by atoms with Crippen LogP contribution in [0.3, 0.4) is 0 Å². The zero-order valence-corrected chi connectivity index (χ0v) is 29.1. The Hall–Kier alpha value is -3.96. The average Bonchev–Trinajstić information content (AvgIpc) is 3.57. The number of phenols is 1. The standard InChI is InChI=1S/C36H35Cl2FN6O2S/c1-35(2,3)19-44-16-14-36(15-17-44)20-45(31-27(46)18-23(39)29(30(31)36)21-8-10-22(37)11-9-21)26-7-5-4-6-24(26)40-33(47)43-34-41-25-12-13-28(38)42-32(25)48-34/h4-13,18,46H,14-17,19-20H2,1-3H3,(H2,40,41,43,47). The number of rotatable bonds is 5. The first-order valence-corrected chi connectivity index (χ1v) is 17.4. The molecule has 0 unspecified atom stereocenters. The first-order chi connectivity index (χ1) is 22.9. The number of carbonyl (C=O) groups is 1. The van der Waals surface area contributed by atoms with E-state index in [1.165, 1.54) is 17.4 Å². The maximum Gasteiger partial charge on any atom is 0.325 e. The highest BCUT2D eigenvalue weighted by molar-refractivity contribution is 7.22. The van der Waals surface area contributed by atoms with Gasteiger partial charge in [0.2, 0.25) is 0 Å². The number of urea groups is 1. The number of amides is 2. The zero-order chi connectivity index (χ0) is 33.8.